The Labute approximate surface area is 216 Å². The molecule has 0 aliphatic rings. The van der Waals surface area contributed by atoms with E-state index in [1.165, 1.54) is 0 Å². The van der Waals surface area contributed by atoms with Crippen LogP contribution in [0.2, 0.25) is 0 Å². The number of carbonyl (C=O) groups is 2. The normalized spacial score (nSPS) is 9.45. The third-order valence-electron chi connectivity index (χ3n) is 3.46. The molecule has 0 fully saturated rings. The number of nitro benzene ring substituents is 4. The number of carboxylic acid groups (broad SMARTS) is 2. The van der Waals surface area contributed by atoms with Gasteiger partial charge in [0.25, 0.3) is 0 Å². The molecular weight excluding hydrogens is 536 g/mol. The summed E-state index contributed by atoms with van der Waals surface area (Å²) in [5, 5.41) is 80.9. The van der Waals surface area contributed by atoms with Crippen LogP contribution in [0.15, 0.2) is 24.3 Å². The second-order valence-electron chi connectivity index (χ2n) is 5.26. The summed E-state index contributed by atoms with van der Waals surface area (Å²) in [6.07, 6.45) is 0. The Balaban J connectivity index is 0.000000602. The number of benzene rings is 2. The fourth-order valence-electron chi connectivity index (χ4n) is 2.12. The van der Waals surface area contributed by atoms with Gasteiger partial charge in [-0.05, 0) is 12.1 Å². The van der Waals surface area contributed by atoms with Gasteiger partial charge in [-0.15, -0.1) is 0 Å². The SMILES string of the molecule is O=C([O-])c1ccc([N+](=O)[O-])c([N+](=O)[O-])c1O.O=C([O-])c1ccc([N+](=O)[O-])c([N+](=O)[O-])c1O.[Sr+2]. The van der Waals surface area contributed by atoms with Gasteiger partial charge in [0.15, 0.2) is 0 Å². The van der Waals surface area contributed by atoms with E-state index in [2.05, 4.69) is 0 Å². The van der Waals surface area contributed by atoms with Crippen LogP contribution in [0, 0.1) is 40.5 Å². The summed E-state index contributed by atoms with van der Waals surface area (Å²) >= 11 is 0. The van der Waals surface area contributed by atoms with Gasteiger partial charge in [-0.25, -0.2) is 0 Å². The minimum Gasteiger partial charge on any atom is -0.545 e. The smallest absolute Gasteiger partial charge is 0.545 e. The van der Waals surface area contributed by atoms with Gasteiger partial charge in [0, 0.05) is 23.3 Å². The summed E-state index contributed by atoms with van der Waals surface area (Å²) in [5.41, 5.74) is -6.28. The molecule has 168 valence electrons. The van der Waals surface area contributed by atoms with Crippen molar-refractivity contribution in [3.63, 3.8) is 0 Å². The number of hydrogen-bond acceptors (Lipinski definition) is 14. The Kier molecular flexibility index (Phi) is 10.2. The van der Waals surface area contributed by atoms with Gasteiger partial charge in [0.05, 0.1) is 31.6 Å². The Morgan fingerprint density at radius 2 is 0.879 bits per heavy atom. The summed E-state index contributed by atoms with van der Waals surface area (Å²) in [7, 11) is 0. The van der Waals surface area contributed by atoms with Crippen LogP contribution >= 0.6 is 0 Å². The molecule has 0 radical (unpaired) electrons. The third-order valence-corrected chi connectivity index (χ3v) is 3.46. The van der Waals surface area contributed by atoms with Gasteiger partial charge in [0.1, 0.15) is 0 Å². The molecule has 0 saturated heterocycles. The van der Waals surface area contributed by atoms with Crippen LogP contribution in [-0.2, 0) is 0 Å². The van der Waals surface area contributed by atoms with E-state index >= 15 is 0 Å². The first-order valence-corrected chi connectivity index (χ1v) is 7.44. The maximum atomic E-state index is 10.4. The number of phenols is 2. The van der Waals surface area contributed by atoms with E-state index in [4.69, 9.17) is 0 Å². The fourth-order valence-corrected chi connectivity index (χ4v) is 2.12. The van der Waals surface area contributed by atoms with Crippen LogP contribution in [0.3, 0.4) is 0 Å². The van der Waals surface area contributed by atoms with Crippen LogP contribution in [0.25, 0.3) is 0 Å². The molecule has 0 spiro atoms. The molecule has 0 aliphatic heterocycles. The van der Waals surface area contributed by atoms with Gasteiger partial charge >= 0.3 is 68.2 Å². The number of nitro groups is 4. The van der Waals surface area contributed by atoms with Crippen molar-refractivity contribution in [2.24, 2.45) is 0 Å². The maximum Gasteiger partial charge on any atom is 2.00 e. The Morgan fingerprint density at radius 3 is 1.06 bits per heavy atom. The third kappa shape index (κ3) is 6.52. The summed E-state index contributed by atoms with van der Waals surface area (Å²) < 4.78 is 0. The summed E-state index contributed by atoms with van der Waals surface area (Å²) in [6.45, 7) is 0. The fraction of sp³-hybridized carbons (Fsp3) is 0. The molecule has 0 bridgehead atoms. The van der Waals surface area contributed by atoms with Gasteiger partial charge in [-0.2, -0.15) is 0 Å². The van der Waals surface area contributed by atoms with E-state index in [0.29, 0.717) is 24.3 Å². The predicted molar refractivity (Wildman–Crippen MR) is 97.2 cm³/mol. The zero-order valence-electron chi connectivity index (χ0n) is 15.6. The van der Waals surface area contributed by atoms with E-state index in [1.54, 1.807) is 0 Å². The van der Waals surface area contributed by atoms with E-state index in [-0.39, 0.29) is 45.5 Å². The Hall–Kier alpha value is -3.94. The second-order valence-corrected chi connectivity index (χ2v) is 5.26. The zero-order valence-corrected chi connectivity index (χ0v) is 19.1. The molecule has 0 amide bonds. The zero-order chi connectivity index (χ0) is 24.9. The molecule has 0 aliphatic carbocycles. The van der Waals surface area contributed by atoms with Crippen molar-refractivity contribution in [3.8, 4) is 11.5 Å². The van der Waals surface area contributed by atoms with E-state index in [9.17, 15) is 70.5 Å². The predicted octanol–water partition coefficient (Wildman–Crippen LogP) is -1.24. The average molecular weight is 542 g/mol. The van der Waals surface area contributed by atoms with Gasteiger partial charge in [0.2, 0.25) is 11.5 Å². The first-order chi connectivity index (χ1) is 14.7. The molecule has 0 aromatic heterocycles. The minimum atomic E-state index is -1.87. The van der Waals surface area contributed by atoms with Gasteiger partial charge in [-0.3, -0.25) is 40.5 Å². The number of carboxylic acids is 2. The van der Waals surface area contributed by atoms with Crippen LogP contribution in [-0.4, -0.2) is 87.3 Å². The molecule has 2 aromatic carbocycles. The van der Waals surface area contributed by atoms with E-state index in [1.807, 2.05) is 0 Å². The molecule has 18 nitrogen and oxygen atoms in total. The van der Waals surface area contributed by atoms with Crippen molar-refractivity contribution in [1.29, 1.82) is 0 Å². The molecule has 33 heavy (non-hydrogen) atoms. The summed E-state index contributed by atoms with van der Waals surface area (Å²) in [6, 6.07) is 2.55. The van der Waals surface area contributed by atoms with Crippen LogP contribution < -0.4 is 10.2 Å². The first kappa shape index (κ1) is 29.1. The number of aromatic hydroxyl groups is 2. The number of aromatic carboxylic acids is 2. The van der Waals surface area contributed by atoms with Gasteiger partial charge in [-0.1, -0.05) is 0 Å². The van der Waals surface area contributed by atoms with Crippen molar-refractivity contribution < 1.29 is 49.7 Å². The maximum absolute atomic E-state index is 10.4. The molecule has 2 aromatic rings. The van der Waals surface area contributed by atoms with Crippen LogP contribution in [0.4, 0.5) is 22.7 Å². The largest absolute Gasteiger partial charge is 2.00 e. The molecular formula is C14H6N4O14Sr. The monoisotopic (exact) mass is 542 g/mol. The Morgan fingerprint density at radius 1 is 0.606 bits per heavy atom. The number of rotatable bonds is 6. The first-order valence-electron chi connectivity index (χ1n) is 7.44. The van der Waals surface area contributed by atoms with Crippen molar-refractivity contribution in [2.75, 3.05) is 0 Å². The summed E-state index contributed by atoms with van der Waals surface area (Å²) in [4.78, 5) is 57.8. The molecule has 0 atom stereocenters. The van der Waals surface area contributed by atoms with E-state index < -0.39 is 77.0 Å². The quantitative estimate of drug-likeness (QED) is 0.245. The van der Waals surface area contributed by atoms with Crippen molar-refractivity contribution in [1.82, 2.24) is 0 Å². The topological polar surface area (TPSA) is 293 Å². The van der Waals surface area contributed by atoms with Gasteiger partial charge < -0.3 is 30.0 Å². The average Bonchev–Trinajstić information content (AvgIpc) is 2.66. The molecule has 0 saturated carbocycles. The molecule has 2 N–H and O–H groups in total. The number of hydrogen-bond donors (Lipinski definition) is 2. The second kappa shape index (κ2) is 11.6. The number of nitrogens with zero attached hydrogens (tertiary/aromatic N) is 4. The van der Waals surface area contributed by atoms with Crippen LogP contribution in [0.5, 0.6) is 11.5 Å². The van der Waals surface area contributed by atoms with Crippen molar-refractivity contribution in [2.45, 2.75) is 0 Å². The Bertz CT molecular complexity index is 1090. The molecule has 0 heterocycles. The molecule has 19 heteroatoms. The standard InChI is InChI=1S/2C7H4N2O7.Sr/c2*10-6-3(7(11)12)1-2-4(8(13)14)5(6)9(15)16;/h2*1-2,10H,(H,11,12);/q;;+2/p-2. The van der Waals surface area contributed by atoms with E-state index in [0.717, 1.165) is 0 Å². The van der Waals surface area contributed by atoms with Crippen molar-refractivity contribution >= 4 is 80.2 Å². The molecule has 0 unspecified atom stereocenters. The van der Waals surface area contributed by atoms with Crippen LogP contribution in [0.1, 0.15) is 20.7 Å². The molecule has 2 rings (SSSR count). The minimum absolute atomic E-state index is 0. The summed E-state index contributed by atoms with van der Waals surface area (Å²) in [5.74, 6) is -6.32. The number of carbonyl (C=O) groups excluding carboxylic acids is 2. The van der Waals surface area contributed by atoms with Crippen molar-refractivity contribution in [3.05, 3.63) is 75.8 Å².